The number of nitrogens with zero attached hydrogens (tertiary/aromatic N) is 1. The fourth-order valence-corrected chi connectivity index (χ4v) is 3.74. The number of carboxylic acids is 3. The van der Waals surface area contributed by atoms with Crippen molar-refractivity contribution in [1.82, 2.24) is 0 Å². The summed E-state index contributed by atoms with van der Waals surface area (Å²) in [7, 11) is 0. The van der Waals surface area contributed by atoms with E-state index in [1.807, 2.05) is 0 Å². The van der Waals surface area contributed by atoms with Crippen LogP contribution in [0, 0.1) is 17.8 Å². The Balaban J connectivity index is 5.29. The largest absolute Gasteiger partial charge is 0.481 e. The first-order chi connectivity index (χ1) is 13.5. The molecule has 0 saturated carbocycles. The maximum Gasteiger partial charge on any atom is 0.311 e. The van der Waals surface area contributed by atoms with Gasteiger partial charge in [-0.25, -0.2) is 0 Å². The number of hydrogen-bond acceptors (Lipinski definition) is 3. The molecule has 0 aliphatic carbocycles. The molecule has 0 aromatic rings. The zero-order chi connectivity index (χ0) is 22.4. The highest BCUT2D eigenvalue weighted by molar-refractivity contribution is 5.70. The number of carboxylic acid groups (broad SMARTS) is 3. The van der Waals surface area contributed by atoms with Crippen molar-refractivity contribution in [2.75, 3.05) is 26.2 Å². The van der Waals surface area contributed by atoms with Gasteiger partial charge in [0.15, 0.2) is 0 Å². The second-order valence-electron chi connectivity index (χ2n) is 8.44. The predicted molar refractivity (Wildman–Crippen MR) is 113 cm³/mol. The fourth-order valence-electron chi connectivity index (χ4n) is 3.74. The lowest BCUT2D eigenvalue weighted by molar-refractivity contribution is -0.934. The number of allylic oxidation sites excluding steroid dienone is 2. The molecule has 0 bridgehead atoms. The highest BCUT2D eigenvalue weighted by atomic mass is 16.4. The first kappa shape index (κ1) is 27.1. The maximum absolute atomic E-state index is 11.5. The Kier molecular flexibility index (Phi) is 13.2. The molecular formula is C22H40NO6+. The predicted octanol–water partition coefficient (Wildman–Crippen LogP) is 3.88. The Bertz CT molecular complexity index is 490. The van der Waals surface area contributed by atoms with E-state index in [9.17, 15) is 29.7 Å². The number of carbonyl (C=O) groups is 3. The van der Waals surface area contributed by atoms with Gasteiger partial charge in [0.2, 0.25) is 0 Å². The number of quaternary nitrogens is 1. The molecule has 3 unspecified atom stereocenters. The van der Waals surface area contributed by atoms with E-state index >= 15 is 0 Å². The summed E-state index contributed by atoms with van der Waals surface area (Å²) >= 11 is 0. The van der Waals surface area contributed by atoms with Crippen LogP contribution in [0.15, 0.2) is 12.2 Å². The van der Waals surface area contributed by atoms with Crippen LogP contribution in [0.3, 0.4) is 0 Å². The Morgan fingerprint density at radius 2 is 1.10 bits per heavy atom. The van der Waals surface area contributed by atoms with Crippen molar-refractivity contribution in [2.24, 2.45) is 17.8 Å². The van der Waals surface area contributed by atoms with Crippen LogP contribution in [0.4, 0.5) is 0 Å². The number of rotatable bonds is 17. The molecule has 168 valence electrons. The maximum atomic E-state index is 11.5. The first-order valence-electron chi connectivity index (χ1n) is 10.7. The molecule has 0 rings (SSSR count). The molecule has 0 aromatic carbocycles. The standard InChI is InChI=1S/C22H39NO6/c1-5-6-7-8-9-10-11-12-13-23(14-17(2)20(24)25,15-18(3)21(26)27)16-19(4)22(28)29/h8-9,17-19H,5-7,10-16H2,1-4H3,(H2-,24,25,26,27,28,29)/p+1/b9-8+. The van der Waals surface area contributed by atoms with Gasteiger partial charge in [-0.15, -0.1) is 0 Å². The first-order valence-corrected chi connectivity index (χ1v) is 10.7. The number of unbranched alkanes of at least 4 members (excludes halogenated alkanes) is 4. The Morgan fingerprint density at radius 1 is 0.724 bits per heavy atom. The highest BCUT2D eigenvalue weighted by Crippen LogP contribution is 2.21. The van der Waals surface area contributed by atoms with Crippen molar-refractivity contribution in [3.63, 3.8) is 0 Å². The second kappa shape index (κ2) is 14.1. The van der Waals surface area contributed by atoms with Crippen LogP contribution in [-0.2, 0) is 14.4 Å². The van der Waals surface area contributed by atoms with Gasteiger partial charge in [0, 0.05) is 0 Å². The zero-order valence-electron chi connectivity index (χ0n) is 18.5. The van der Waals surface area contributed by atoms with Crippen molar-refractivity contribution in [3.8, 4) is 0 Å². The molecular weight excluding hydrogens is 374 g/mol. The molecule has 0 fully saturated rings. The fraction of sp³-hybridized carbons (Fsp3) is 0.773. The van der Waals surface area contributed by atoms with Gasteiger partial charge in [-0.1, -0.05) is 31.9 Å². The van der Waals surface area contributed by atoms with Gasteiger partial charge in [0.05, 0.1) is 26.2 Å². The molecule has 0 amide bonds. The van der Waals surface area contributed by atoms with Crippen molar-refractivity contribution in [2.45, 2.75) is 66.2 Å². The summed E-state index contributed by atoms with van der Waals surface area (Å²) in [6, 6.07) is 0. The van der Waals surface area contributed by atoms with E-state index in [0.717, 1.165) is 32.1 Å². The van der Waals surface area contributed by atoms with Gasteiger partial charge in [0.1, 0.15) is 17.8 Å². The molecule has 0 aromatic heterocycles. The summed E-state index contributed by atoms with van der Waals surface area (Å²) in [4.78, 5) is 34.4. The minimum Gasteiger partial charge on any atom is -0.481 e. The lowest BCUT2D eigenvalue weighted by atomic mass is 10.0. The van der Waals surface area contributed by atoms with Gasteiger partial charge >= 0.3 is 17.9 Å². The van der Waals surface area contributed by atoms with E-state index in [4.69, 9.17) is 0 Å². The third-order valence-electron chi connectivity index (χ3n) is 5.39. The van der Waals surface area contributed by atoms with Gasteiger partial charge in [0.25, 0.3) is 0 Å². The summed E-state index contributed by atoms with van der Waals surface area (Å²) in [5, 5.41) is 28.2. The number of aliphatic carboxylic acids is 3. The van der Waals surface area contributed by atoms with E-state index in [-0.39, 0.29) is 24.1 Å². The molecule has 0 heterocycles. The third-order valence-corrected chi connectivity index (χ3v) is 5.39. The monoisotopic (exact) mass is 414 g/mol. The molecule has 0 saturated heterocycles. The summed E-state index contributed by atoms with van der Waals surface area (Å²) in [5.41, 5.74) is 0. The lowest BCUT2D eigenvalue weighted by Crippen LogP contribution is -2.57. The van der Waals surface area contributed by atoms with E-state index in [1.54, 1.807) is 20.8 Å². The SMILES string of the molecule is CCCC/C=C/CCCC[N+](CC(C)C(=O)O)(CC(C)C(=O)O)CC(C)C(=O)O. The molecule has 7 heteroatoms. The van der Waals surface area contributed by atoms with Crippen LogP contribution in [-0.4, -0.2) is 63.9 Å². The normalized spacial score (nSPS) is 16.8. The molecule has 29 heavy (non-hydrogen) atoms. The van der Waals surface area contributed by atoms with Gasteiger partial charge in [-0.05, 0) is 46.5 Å². The Hall–Kier alpha value is -1.89. The van der Waals surface area contributed by atoms with Gasteiger partial charge in [-0.2, -0.15) is 0 Å². The molecule has 0 aliphatic rings. The summed E-state index contributed by atoms with van der Waals surface area (Å²) in [5.74, 6) is -4.87. The Morgan fingerprint density at radius 3 is 1.45 bits per heavy atom. The van der Waals surface area contributed by atoms with Crippen LogP contribution >= 0.6 is 0 Å². The van der Waals surface area contributed by atoms with Gasteiger partial charge < -0.3 is 19.8 Å². The smallest absolute Gasteiger partial charge is 0.311 e. The summed E-state index contributed by atoms with van der Waals surface area (Å²) in [6.07, 6.45) is 10.4. The molecule has 3 N–H and O–H groups in total. The van der Waals surface area contributed by atoms with Crippen LogP contribution < -0.4 is 0 Å². The van der Waals surface area contributed by atoms with Crippen molar-refractivity contribution < 1.29 is 34.2 Å². The summed E-state index contributed by atoms with van der Waals surface area (Å²) in [6.45, 7) is 8.23. The lowest BCUT2D eigenvalue weighted by Gasteiger charge is -2.42. The zero-order valence-corrected chi connectivity index (χ0v) is 18.5. The number of hydrogen-bond donors (Lipinski definition) is 3. The van der Waals surface area contributed by atoms with E-state index in [2.05, 4.69) is 19.1 Å². The van der Waals surface area contributed by atoms with Crippen molar-refractivity contribution in [3.05, 3.63) is 12.2 Å². The topological polar surface area (TPSA) is 112 Å². The van der Waals surface area contributed by atoms with Crippen LogP contribution in [0.25, 0.3) is 0 Å². The van der Waals surface area contributed by atoms with Crippen molar-refractivity contribution in [1.29, 1.82) is 0 Å². The van der Waals surface area contributed by atoms with E-state index in [1.165, 1.54) is 6.42 Å². The molecule has 0 aliphatic heterocycles. The van der Waals surface area contributed by atoms with Gasteiger partial charge in [-0.3, -0.25) is 14.4 Å². The van der Waals surface area contributed by atoms with Crippen LogP contribution in [0.2, 0.25) is 0 Å². The molecule has 0 spiro atoms. The average molecular weight is 415 g/mol. The minimum absolute atomic E-state index is 0.202. The van der Waals surface area contributed by atoms with Crippen LogP contribution in [0.1, 0.15) is 66.2 Å². The van der Waals surface area contributed by atoms with Crippen molar-refractivity contribution >= 4 is 17.9 Å². The van der Waals surface area contributed by atoms with E-state index < -0.39 is 35.7 Å². The average Bonchev–Trinajstić information content (AvgIpc) is 2.63. The summed E-state index contributed by atoms with van der Waals surface area (Å²) < 4.78 is 0.202. The third kappa shape index (κ3) is 11.6. The van der Waals surface area contributed by atoms with E-state index in [0.29, 0.717) is 6.54 Å². The second-order valence-corrected chi connectivity index (χ2v) is 8.44. The minimum atomic E-state index is -0.947. The molecule has 3 atom stereocenters. The quantitative estimate of drug-likeness (QED) is 0.189. The van der Waals surface area contributed by atoms with Crippen LogP contribution in [0.5, 0.6) is 0 Å². The molecule has 0 radical (unpaired) electrons. The highest BCUT2D eigenvalue weighted by Gasteiger charge is 2.37. The molecule has 7 nitrogen and oxygen atoms in total. The Labute approximate surface area is 175 Å².